The van der Waals surface area contributed by atoms with E-state index in [0.29, 0.717) is 0 Å². The van der Waals surface area contributed by atoms with Crippen LogP contribution in [0.1, 0.15) is 5.56 Å². The van der Waals surface area contributed by atoms with E-state index in [9.17, 15) is 0 Å². The predicted molar refractivity (Wildman–Crippen MR) is 103 cm³/mol. The first-order valence-electron chi connectivity index (χ1n) is 7.63. The third kappa shape index (κ3) is 2.57. The summed E-state index contributed by atoms with van der Waals surface area (Å²) in [5.41, 5.74) is 4.36. The Morgan fingerprint density at radius 1 is 0.958 bits per heavy atom. The van der Waals surface area contributed by atoms with E-state index in [4.69, 9.17) is 0 Å². The molecule has 24 heavy (non-hydrogen) atoms. The number of rotatable bonds is 4. The van der Waals surface area contributed by atoms with Gasteiger partial charge in [0.05, 0.1) is 5.39 Å². The Morgan fingerprint density at radius 2 is 1.83 bits per heavy atom. The SMILES string of the molecule is C=Cc1c(Nc2ncnc3sccc23)cccc1-c1ccccc1. The normalized spacial score (nSPS) is 10.7. The number of benzene rings is 2. The molecule has 0 aliphatic rings. The van der Waals surface area contributed by atoms with Crippen molar-refractivity contribution < 1.29 is 0 Å². The number of nitrogens with zero attached hydrogens (tertiary/aromatic N) is 2. The molecule has 0 aliphatic heterocycles. The molecule has 0 radical (unpaired) electrons. The highest BCUT2D eigenvalue weighted by Crippen LogP contribution is 2.33. The van der Waals surface area contributed by atoms with Crippen molar-refractivity contribution in [2.75, 3.05) is 5.32 Å². The number of nitrogens with one attached hydrogen (secondary N) is 1. The number of hydrogen-bond acceptors (Lipinski definition) is 4. The lowest BCUT2D eigenvalue weighted by molar-refractivity contribution is 1.23. The predicted octanol–water partition coefficient (Wildman–Crippen LogP) is 5.74. The highest BCUT2D eigenvalue weighted by molar-refractivity contribution is 7.16. The van der Waals surface area contributed by atoms with Crippen LogP contribution in [0.25, 0.3) is 27.4 Å². The van der Waals surface area contributed by atoms with Crippen LogP contribution in [0.2, 0.25) is 0 Å². The van der Waals surface area contributed by atoms with Crippen LogP contribution in [0.3, 0.4) is 0 Å². The van der Waals surface area contributed by atoms with Crippen molar-refractivity contribution in [1.29, 1.82) is 0 Å². The van der Waals surface area contributed by atoms with Gasteiger partial charge in [-0.1, -0.05) is 55.1 Å². The fourth-order valence-corrected chi connectivity index (χ4v) is 3.51. The zero-order valence-electron chi connectivity index (χ0n) is 12.9. The number of fused-ring (bicyclic) bond motifs is 1. The van der Waals surface area contributed by atoms with Gasteiger partial charge in [0.2, 0.25) is 0 Å². The summed E-state index contributed by atoms with van der Waals surface area (Å²) in [7, 11) is 0. The van der Waals surface area contributed by atoms with Crippen LogP contribution >= 0.6 is 11.3 Å². The van der Waals surface area contributed by atoms with Crippen LogP contribution in [0.15, 0.2) is 72.9 Å². The summed E-state index contributed by atoms with van der Waals surface area (Å²) in [6.07, 6.45) is 3.48. The van der Waals surface area contributed by atoms with E-state index >= 15 is 0 Å². The van der Waals surface area contributed by atoms with E-state index in [-0.39, 0.29) is 0 Å². The average Bonchev–Trinajstić information content (AvgIpc) is 3.12. The van der Waals surface area contributed by atoms with Crippen LogP contribution in [-0.2, 0) is 0 Å². The molecule has 0 unspecified atom stereocenters. The summed E-state index contributed by atoms with van der Waals surface area (Å²) in [4.78, 5) is 9.68. The molecule has 0 fully saturated rings. The molecule has 0 atom stereocenters. The van der Waals surface area contributed by atoms with Crippen LogP contribution in [0.5, 0.6) is 0 Å². The van der Waals surface area contributed by atoms with Crippen molar-refractivity contribution >= 4 is 39.1 Å². The van der Waals surface area contributed by atoms with E-state index < -0.39 is 0 Å². The zero-order valence-corrected chi connectivity index (χ0v) is 13.8. The summed E-state index contributed by atoms with van der Waals surface area (Å²) < 4.78 is 0. The first kappa shape index (κ1) is 14.6. The molecule has 0 amide bonds. The summed E-state index contributed by atoms with van der Waals surface area (Å²) >= 11 is 1.61. The van der Waals surface area contributed by atoms with Gasteiger partial charge in [0.15, 0.2) is 0 Å². The van der Waals surface area contributed by atoms with Gasteiger partial charge in [0.1, 0.15) is 17.0 Å². The second kappa shape index (κ2) is 6.26. The van der Waals surface area contributed by atoms with Gasteiger partial charge in [0.25, 0.3) is 0 Å². The smallest absolute Gasteiger partial charge is 0.142 e. The Kier molecular flexibility index (Phi) is 3.81. The molecule has 2 aromatic carbocycles. The van der Waals surface area contributed by atoms with E-state index in [1.54, 1.807) is 17.7 Å². The van der Waals surface area contributed by atoms with Crippen molar-refractivity contribution in [2.24, 2.45) is 0 Å². The lowest BCUT2D eigenvalue weighted by Crippen LogP contribution is -1.98. The van der Waals surface area contributed by atoms with E-state index in [1.165, 1.54) is 5.56 Å². The third-order valence-electron chi connectivity index (χ3n) is 3.91. The molecule has 0 aliphatic carbocycles. The second-order valence-electron chi connectivity index (χ2n) is 5.32. The second-order valence-corrected chi connectivity index (χ2v) is 6.22. The quantitative estimate of drug-likeness (QED) is 0.518. The van der Waals surface area contributed by atoms with Crippen LogP contribution < -0.4 is 5.32 Å². The summed E-state index contributed by atoms with van der Waals surface area (Å²) in [6.45, 7) is 4.00. The van der Waals surface area contributed by atoms with Crippen LogP contribution in [0.4, 0.5) is 11.5 Å². The first-order chi connectivity index (χ1) is 11.9. The first-order valence-corrected chi connectivity index (χ1v) is 8.51. The minimum atomic E-state index is 0.814. The fourth-order valence-electron chi connectivity index (χ4n) is 2.78. The maximum Gasteiger partial charge on any atom is 0.142 e. The Balaban J connectivity index is 1.82. The standard InChI is InChI=1S/C20H15N3S/c1-2-15-16(14-7-4-3-5-8-14)9-6-10-18(15)23-19-17-11-12-24-20(17)22-13-21-19/h2-13H,1H2,(H,21,22,23). The number of thiophene rings is 1. The minimum absolute atomic E-state index is 0.814. The molecule has 0 saturated heterocycles. The van der Waals surface area contributed by atoms with Crippen molar-refractivity contribution in [2.45, 2.75) is 0 Å². The van der Waals surface area contributed by atoms with Crippen LogP contribution in [-0.4, -0.2) is 9.97 Å². The van der Waals surface area contributed by atoms with E-state index in [1.807, 2.05) is 47.9 Å². The van der Waals surface area contributed by atoms with Crippen molar-refractivity contribution in [3.8, 4) is 11.1 Å². The molecule has 2 aromatic heterocycles. The highest BCUT2D eigenvalue weighted by Gasteiger charge is 2.10. The third-order valence-corrected chi connectivity index (χ3v) is 4.73. The fraction of sp³-hybridized carbons (Fsp3) is 0. The summed E-state index contributed by atoms with van der Waals surface area (Å²) in [5.74, 6) is 0.814. The van der Waals surface area contributed by atoms with Gasteiger partial charge in [0, 0.05) is 11.3 Å². The molecule has 0 bridgehead atoms. The molecule has 0 spiro atoms. The molecule has 0 saturated carbocycles. The van der Waals surface area contributed by atoms with Crippen molar-refractivity contribution in [1.82, 2.24) is 9.97 Å². The van der Waals surface area contributed by atoms with E-state index in [0.717, 1.165) is 32.8 Å². The molecule has 116 valence electrons. The minimum Gasteiger partial charge on any atom is -0.339 e. The van der Waals surface area contributed by atoms with Gasteiger partial charge in [-0.15, -0.1) is 11.3 Å². The zero-order chi connectivity index (χ0) is 16.4. The maximum atomic E-state index is 4.40. The monoisotopic (exact) mass is 329 g/mol. The molecule has 4 aromatic rings. The highest BCUT2D eigenvalue weighted by atomic mass is 32.1. The number of anilines is 2. The van der Waals surface area contributed by atoms with Gasteiger partial charge in [-0.25, -0.2) is 9.97 Å². The van der Waals surface area contributed by atoms with E-state index in [2.05, 4.69) is 40.1 Å². The summed E-state index contributed by atoms with van der Waals surface area (Å²) in [6, 6.07) is 18.6. The molecule has 1 N–H and O–H groups in total. The topological polar surface area (TPSA) is 37.8 Å². The Morgan fingerprint density at radius 3 is 2.67 bits per heavy atom. The summed E-state index contributed by atoms with van der Waals surface area (Å²) in [5, 5.41) is 6.50. The van der Waals surface area contributed by atoms with Gasteiger partial charge in [-0.2, -0.15) is 0 Å². The van der Waals surface area contributed by atoms with Gasteiger partial charge < -0.3 is 5.32 Å². The molecule has 2 heterocycles. The van der Waals surface area contributed by atoms with Gasteiger partial charge in [-0.3, -0.25) is 0 Å². The van der Waals surface area contributed by atoms with Crippen LogP contribution in [0, 0.1) is 0 Å². The maximum absolute atomic E-state index is 4.40. The molecule has 4 rings (SSSR count). The largest absolute Gasteiger partial charge is 0.339 e. The Labute approximate surface area is 144 Å². The molecular weight excluding hydrogens is 314 g/mol. The van der Waals surface area contributed by atoms with Crippen molar-refractivity contribution in [3.63, 3.8) is 0 Å². The Bertz CT molecular complexity index is 1010. The molecule has 4 heteroatoms. The molecule has 3 nitrogen and oxygen atoms in total. The van der Waals surface area contributed by atoms with Gasteiger partial charge in [-0.05, 0) is 28.6 Å². The lowest BCUT2D eigenvalue weighted by Gasteiger charge is -2.14. The Hall–Kier alpha value is -2.98. The average molecular weight is 329 g/mol. The number of hydrogen-bond donors (Lipinski definition) is 1. The van der Waals surface area contributed by atoms with Gasteiger partial charge >= 0.3 is 0 Å². The van der Waals surface area contributed by atoms with Crippen molar-refractivity contribution in [3.05, 3.63) is 78.4 Å². The lowest BCUT2D eigenvalue weighted by atomic mass is 9.98. The number of aromatic nitrogens is 2. The molecular formula is C20H15N3S.